The maximum atomic E-state index is 12.4. The van der Waals surface area contributed by atoms with Crippen molar-refractivity contribution >= 4 is 11.8 Å². The van der Waals surface area contributed by atoms with E-state index in [1.807, 2.05) is 4.90 Å². The Bertz CT molecular complexity index is 396. The average molecular weight is 367 g/mol. The van der Waals surface area contributed by atoms with Gasteiger partial charge >= 0.3 is 0 Å². The Hall–Kier alpha value is -1.06. The summed E-state index contributed by atoms with van der Waals surface area (Å²) in [6.45, 7) is 8.61. The van der Waals surface area contributed by atoms with Crippen LogP contribution in [0.5, 0.6) is 0 Å². The molecule has 0 aromatic carbocycles. The number of nitrogens with one attached hydrogen (secondary N) is 1. The highest BCUT2D eigenvalue weighted by atomic mass is 16.2. The van der Waals surface area contributed by atoms with Crippen LogP contribution in [0, 0.1) is 11.8 Å². The van der Waals surface area contributed by atoms with Crippen LogP contribution < -0.4 is 5.32 Å². The zero-order chi connectivity index (χ0) is 19.2. The first-order valence-electron chi connectivity index (χ1n) is 11.1. The van der Waals surface area contributed by atoms with Gasteiger partial charge in [0, 0.05) is 26.1 Å². The van der Waals surface area contributed by atoms with Crippen molar-refractivity contribution in [2.75, 3.05) is 19.6 Å². The molecule has 4 heteroatoms. The molecule has 0 radical (unpaired) electrons. The maximum Gasteiger partial charge on any atom is 0.224 e. The first-order chi connectivity index (χ1) is 12.5. The summed E-state index contributed by atoms with van der Waals surface area (Å²) >= 11 is 0. The van der Waals surface area contributed by atoms with Gasteiger partial charge in [0.05, 0.1) is 5.92 Å². The molecule has 0 saturated carbocycles. The molecule has 26 heavy (non-hydrogen) atoms. The minimum atomic E-state index is -0.0189. The lowest BCUT2D eigenvalue weighted by Crippen LogP contribution is -2.45. The summed E-state index contributed by atoms with van der Waals surface area (Å²) in [6.07, 6.45) is 14.0. The van der Waals surface area contributed by atoms with E-state index in [1.54, 1.807) is 0 Å². The molecular weight excluding hydrogens is 324 g/mol. The summed E-state index contributed by atoms with van der Waals surface area (Å²) in [4.78, 5) is 26.6. The van der Waals surface area contributed by atoms with Crippen LogP contribution in [-0.4, -0.2) is 36.3 Å². The van der Waals surface area contributed by atoms with Crippen LogP contribution >= 0.6 is 0 Å². The van der Waals surface area contributed by atoms with Gasteiger partial charge in [-0.05, 0) is 25.2 Å². The van der Waals surface area contributed by atoms with Crippen LogP contribution in [-0.2, 0) is 9.59 Å². The summed E-state index contributed by atoms with van der Waals surface area (Å²) in [5, 5.41) is 3.02. The van der Waals surface area contributed by atoms with E-state index in [4.69, 9.17) is 0 Å². The van der Waals surface area contributed by atoms with Gasteiger partial charge < -0.3 is 10.2 Å². The Morgan fingerprint density at radius 2 is 1.62 bits per heavy atom. The first kappa shape index (κ1) is 23.0. The number of piperidine rings is 1. The van der Waals surface area contributed by atoms with Gasteiger partial charge in [-0.2, -0.15) is 0 Å². The van der Waals surface area contributed by atoms with Crippen molar-refractivity contribution in [3.05, 3.63) is 0 Å². The van der Waals surface area contributed by atoms with E-state index in [0.717, 1.165) is 38.8 Å². The van der Waals surface area contributed by atoms with E-state index >= 15 is 0 Å². The van der Waals surface area contributed by atoms with Crippen molar-refractivity contribution in [2.45, 2.75) is 97.8 Å². The van der Waals surface area contributed by atoms with Crippen molar-refractivity contribution in [1.29, 1.82) is 0 Å². The second kappa shape index (κ2) is 14.1. The Morgan fingerprint density at radius 3 is 2.23 bits per heavy atom. The largest absolute Gasteiger partial charge is 0.356 e. The third-order valence-corrected chi connectivity index (χ3v) is 5.32. The fourth-order valence-electron chi connectivity index (χ4n) is 3.61. The summed E-state index contributed by atoms with van der Waals surface area (Å²) < 4.78 is 0. The number of unbranched alkanes of at least 4 members (excludes halogenated alkanes) is 8. The smallest absolute Gasteiger partial charge is 0.224 e. The Kier molecular flexibility index (Phi) is 12.4. The highest BCUT2D eigenvalue weighted by Gasteiger charge is 2.27. The number of carbonyl (C=O) groups is 2. The van der Waals surface area contributed by atoms with Gasteiger partial charge in [0.25, 0.3) is 0 Å². The van der Waals surface area contributed by atoms with Gasteiger partial charge in [-0.1, -0.05) is 72.1 Å². The third-order valence-electron chi connectivity index (χ3n) is 5.32. The first-order valence-corrected chi connectivity index (χ1v) is 11.1. The van der Waals surface area contributed by atoms with Crippen LogP contribution in [0.1, 0.15) is 97.8 Å². The van der Waals surface area contributed by atoms with Crippen molar-refractivity contribution in [3.63, 3.8) is 0 Å². The molecule has 0 aromatic heterocycles. The molecule has 1 rings (SSSR count). The van der Waals surface area contributed by atoms with E-state index in [0.29, 0.717) is 18.9 Å². The molecule has 0 aromatic rings. The molecule has 2 amide bonds. The van der Waals surface area contributed by atoms with Gasteiger partial charge in [0.1, 0.15) is 0 Å². The molecule has 0 aliphatic carbocycles. The maximum absolute atomic E-state index is 12.4. The fraction of sp³-hybridized carbons (Fsp3) is 0.909. The Labute approximate surface area is 161 Å². The standard InChI is InChI=1S/C22H42N2O2/c1-4-5-6-7-8-9-10-11-12-15-21(25)24-16-13-14-20(18-24)22(26)23-17-19(2)3/h19-20H,4-18H2,1-3H3,(H,23,26). The predicted octanol–water partition coefficient (Wildman–Crippen LogP) is 4.92. The lowest BCUT2D eigenvalue weighted by atomic mass is 9.96. The van der Waals surface area contributed by atoms with Crippen LogP contribution in [0.3, 0.4) is 0 Å². The minimum absolute atomic E-state index is 0.0189. The molecule has 1 N–H and O–H groups in total. The van der Waals surface area contributed by atoms with Gasteiger partial charge in [-0.25, -0.2) is 0 Å². The molecule has 1 aliphatic heterocycles. The SMILES string of the molecule is CCCCCCCCCCCC(=O)N1CCCC(C(=O)NCC(C)C)C1. The van der Waals surface area contributed by atoms with Crippen molar-refractivity contribution in [2.24, 2.45) is 11.8 Å². The monoisotopic (exact) mass is 366 g/mol. The molecule has 0 spiro atoms. The normalized spacial score (nSPS) is 17.5. The molecule has 1 saturated heterocycles. The number of nitrogens with zero attached hydrogens (tertiary/aromatic N) is 1. The van der Waals surface area contributed by atoms with Crippen LogP contribution in [0.4, 0.5) is 0 Å². The molecule has 152 valence electrons. The van der Waals surface area contributed by atoms with Gasteiger partial charge in [0.15, 0.2) is 0 Å². The van der Waals surface area contributed by atoms with Crippen LogP contribution in [0.2, 0.25) is 0 Å². The quantitative estimate of drug-likeness (QED) is 0.470. The van der Waals surface area contributed by atoms with E-state index in [-0.39, 0.29) is 17.7 Å². The molecule has 0 bridgehead atoms. The number of carbonyl (C=O) groups excluding carboxylic acids is 2. The lowest BCUT2D eigenvalue weighted by molar-refractivity contribution is -0.135. The van der Waals surface area contributed by atoms with Crippen molar-refractivity contribution in [1.82, 2.24) is 10.2 Å². The fourth-order valence-corrected chi connectivity index (χ4v) is 3.61. The number of amides is 2. The summed E-state index contributed by atoms with van der Waals surface area (Å²) in [5.74, 6) is 0.815. The van der Waals surface area contributed by atoms with E-state index in [1.165, 1.54) is 44.9 Å². The number of likely N-dealkylation sites (tertiary alicyclic amines) is 1. The lowest BCUT2D eigenvalue weighted by Gasteiger charge is -2.32. The van der Waals surface area contributed by atoms with Crippen LogP contribution in [0.25, 0.3) is 0 Å². The average Bonchev–Trinajstić information content (AvgIpc) is 2.64. The molecule has 1 unspecified atom stereocenters. The highest BCUT2D eigenvalue weighted by molar-refractivity contribution is 5.81. The van der Waals surface area contributed by atoms with E-state index < -0.39 is 0 Å². The molecule has 4 nitrogen and oxygen atoms in total. The highest BCUT2D eigenvalue weighted by Crippen LogP contribution is 2.18. The summed E-state index contributed by atoms with van der Waals surface area (Å²) in [7, 11) is 0. The minimum Gasteiger partial charge on any atom is -0.356 e. The predicted molar refractivity (Wildman–Crippen MR) is 109 cm³/mol. The molecule has 1 fully saturated rings. The molecule has 1 aliphatic rings. The zero-order valence-electron chi connectivity index (χ0n) is 17.5. The number of rotatable bonds is 13. The third kappa shape index (κ3) is 10.2. The van der Waals surface area contributed by atoms with Gasteiger partial charge in [0.2, 0.25) is 11.8 Å². The van der Waals surface area contributed by atoms with E-state index in [9.17, 15) is 9.59 Å². The number of hydrogen-bond donors (Lipinski definition) is 1. The van der Waals surface area contributed by atoms with Crippen molar-refractivity contribution < 1.29 is 9.59 Å². The van der Waals surface area contributed by atoms with Gasteiger partial charge in [-0.15, -0.1) is 0 Å². The molecular formula is C22H42N2O2. The second-order valence-electron chi connectivity index (χ2n) is 8.40. The Balaban J connectivity index is 2.13. The summed E-state index contributed by atoms with van der Waals surface area (Å²) in [5.41, 5.74) is 0. The zero-order valence-corrected chi connectivity index (χ0v) is 17.5. The molecule has 1 heterocycles. The van der Waals surface area contributed by atoms with Crippen molar-refractivity contribution in [3.8, 4) is 0 Å². The second-order valence-corrected chi connectivity index (χ2v) is 8.40. The molecule has 1 atom stereocenters. The van der Waals surface area contributed by atoms with Crippen LogP contribution in [0.15, 0.2) is 0 Å². The van der Waals surface area contributed by atoms with Gasteiger partial charge in [-0.3, -0.25) is 9.59 Å². The Morgan fingerprint density at radius 1 is 1.00 bits per heavy atom. The summed E-state index contributed by atoms with van der Waals surface area (Å²) in [6, 6.07) is 0. The van der Waals surface area contributed by atoms with E-state index in [2.05, 4.69) is 26.1 Å². The topological polar surface area (TPSA) is 49.4 Å². The number of hydrogen-bond acceptors (Lipinski definition) is 2.